The van der Waals surface area contributed by atoms with Crippen molar-refractivity contribution in [2.45, 2.75) is 11.4 Å². The lowest BCUT2D eigenvalue weighted by atomic mass is 10.2. The van der Waals surface area contributed by atoms with E-state index in [0.29, 0.717) is 22.8 Å². The number of nitrogens with zero attached hydrogens (tertiary/aromatic N) is 1. The van der Waals surface area contributed by atoms with E-state index in [-0.39, 0.29) is 10.8 Å². The fourth-order valence-electron chi connectivity index (χ4n) is 2.44. The molecule has 1 N–H and O–H groups in total. The van der Waals surface area contributed by atoms with Gasteiger partial charge in [0.15, 0.2) is 0 Å². The summed E-state index contributed by atoms with van der Waals surface area (Å²) in [5, 5.41) is 2.48. The van der Waals surface area contributed by atoms with Gasteiger partial charge in [0, 0.05) is 28.2 Å². The van der Waals surface area contributed by atoms with Crippen LogP contribution in [0, 0.1) is 0 Å². The van der Waals surface area contributed by atoms with Crippen molar-refractivity contribution in [3.05, 3.63) is 81.5 Å². The number of sulfonamides is 1. The van der Waals surface area contributed by atoms with Crippen LogP contribution < -0.4 is 4.72 Å². The first-order chi connectivity index (χ1) is 12.8. The van der Waals surface area contributed by atoms with Crippen LogP contribution in [0.15, 0.2) is 70.9 Å². The first-order valence-corrected chi connectivity index (χ1v) is 10.8. The summed E-state index contributed by atoms with van der Waals surface area (Å²) in [6, 6.07) is 16.1. The molecule has 1 amide bonds. The van der Waals surface area contributed by atoms with Gasteiger partial charge in [-0.2, -0.15) is 0 Å². The van der Waals surface area contributed by atoms with Crippen LogP contribution in [0.5, 0.6) is 0 Å². The smallest absolute Gasteiger partial charge is 0.261 e. The number of rotatable bonds is 6. The van der Waals surface area contributed by atoms with Crippen molar-refractivity contribution in [2.75, 3.05) is 11.8 Å². The fourth-order valence-corrected chi connectivity index (χ4v) is 4.38. The third-order valence-corrected chi connectivity index (χ3v) is 6.34. The number of amides is 1. The van der Waals surface area contributed by atoms with Gasteiger partial charge in [0.1, 0.15) is 0 Å². The molecule has 140 valence electrons. The molecule has 0 saturated carbocycles. The van der Waals surface area contributed by atoms with E-state index in [1.165, 1.54) is 24.3 Å². The Morgan fingerprint density at radius 2 is 1.74 bits per heavy atom. The standard InChI is InChI=1S/C19H17ClN2O3S2/c1-22(13-17-3-2-12-26-17)19(23)14-4-10-18(11-5-14)27(24,25)21-16-8-6-15(20)7-9-16/h2-12,21H,13H2,1H3. The van der Waals surface area contributed by atoms with Crippen LogP contribution in [-0.2, 0) is 16.6 Å². The average molecular weight is 421 g/mol. The van der Waals surface area contributed by atoms with Crippen LogP contribution >= 0.6 is 22.9 Å². The Kier molecular flexibility index (Phi) is 5.84. The zero-order valence-electron chi connectivity index (χ0n) is 14.4. The van der Waals surface area contributed by atoms with Gasteiger partial charge in [-0.25, -0.2) is 8.42 Å². The molecule has 8 heteroatoms. The first kappa shape index (κ1) is 19.4. The van der Waals surface area contributed by atoms with E-state index in [2.05, 4.69) is 4.72 Å². The third-order valence-electron chi connectivity index (χ3n) is 3.83. The number of anilines is 1. The highest BCUT2D eigenvalue weighted by atomic mass is 35.5. The second-order valence-corrected chi connectivity index (χ2v) is 9.03. The maximum Gasteiger partial charge on any atom is 0.261 e. The summed E-state index contributed by atoms with van der Waals surface area (Å²) in [5.74, 6) is -0.169. The monoisotopic (exact) mass is 420 g/mol. The molecule has 0 aliphatic carbocycles. The Balaban J connectivity index is 1.71. The van der Waals surface area contributed by atoms with E-state index in [9.17, 15) is 13.2 Å². The normalized spacial score (nSPS) is 11.2. The molecule has 3 aromatic rings. The number of benzene rings is 2. The average Bonchev–Trinajstić information content (AvgIpc) is 3.16. The van der Waals surface area contributed by atoms with Gasteiger partial charge < -0.3 is 4.90 Å². The molecule has 0 spiro atoms. The van der Waals surface area contributed by atoms with Gasteiger partial charge >= 0.3 is 0 Å². The van der Waals surface area contributed by atoms with Crippen LogP contribution in [0.2, 0.25) is 5.02 Å². The second kappa shape index (κ2) is 8.12. The molecular formula is C19H17ClN2O3S2. The van der Waals surface area contributed by atoms with Gasteiger partial charge in [0.25, 0.3) is 15.9 Å². The number of hydrogen-bond donors (Lipinski definition) is 1. The quantitative estimate of drug-likeness (QED) is 0.639. The van der Waals surface area contributed by atoms with Crippen LogP contribution in [0.3, 0.4) is 0 Å². The predicted molar refractivity (Wildman–Crippen MR) is 109 cm³/mol. The Bertz CT molecular complexity index is 1020. The molecule has 0 radical (unpaired) electrons. The molecule has 0 aliphatic heterocycles. The van der Waals surface area contributed by atoms with Gasteiger partial charge in [-0.1, -0.05) is 17.7 Å². The number of carbonyl (C=O) groups excluding carboxylic acids is 1. The predicted octanol–water partition coefficient (Wildman–Crippen LogP) is 4.47. The van der Waals surface area contributed by atoms with Crippen molar-refractivity contribution in [2.24, 2.45) is 0 Å². The molecule has 0 aliphatic rings. The summed E-state index contributed by atoms with van der Waals surface area (Å²) in [4.78, 5) is 15.3. The molecule has 1 aromatic heterocycles. The molecule has 1 heterocycles. The Labute approximate surface area is 167 Å². The molecule has 0 atom stereocenters. The largest absolute Gasteiger partial charge is 0.337 e. The van der Waals surface area contributed by atoms with Gasteiger partial charge in [-0.3, -0.25) is 9.52 Å². The number of hydrogen-bond acceptors (Lipinski definition) is 4. The lowest BCUT2D eigenvalue weighted by Gasteiger charge is -2.16. The molecule has 0 saturated heterocycles. The first-order valence-electron chi connectivity index (χ1n) is 8.01. The van der Waals surface area contributed by atoms with Crippen molar-refractivity contribution in [1.82, 2.24) is 4.90 Å². The van der Waals surface area contributed by atoms with E-state index < -0.39 is 10.0 Å². The van der Waals surface area contributed by atoms with Crippen molar-refractivity contribution >= 4 is 44.6 Å². The zero-order valence-corrected chi connectivity index (χ0v) is 16.8. The summed E-state index contributed by atoms with van der Waals surface area (Å²) >= 11 is 7.39. The van der Waals surface area contributed by atoms with Crippen molar-refractivity contribution < 1.29 is 13.2 Å². The van der Waals surface area contributed by atoms with Gasteiger partial charge in [0.05, 0.1) is 11.4 Å². The summed E-state index contributed by atoms with van der Waals surface area (Å²) in [6.07, 6.45) is 0. The second-order valence-electron chi connectivity index (χ2n) is 5.88. The number of carbonyl (C=O) groups is 1. The van der Waals surface area contributed by atoms with Crippen molar-refractivity contribution in [3.63, 3.8) is 0 Å². The number of thiophene rings is 1. The van der Waals surface area contributed by atoms with E-state index >= 15 is 0 Å². The third kappa shape index (κ3) is 4.88. The number of nitrogens with one attached hydrogen (secondary N) is 1. The molecular weight excluding hydrogens is 404 g/mol. The molecule has 2 aromatic carbocycles. The van der Waals surface area contributed by atoms with E-state index in [0.717, 1.165) is 4.88 Å². The molecule has 5 nitrogen and oxygen atoms in total. The minimum atomic E-state index is -3.75. The topological polar surface area (TPSA) is 66.5 Å². The maximum absolute atomic E-state index is 12.5. The van der Waals surface area contributed by atoms with Gasteiger partial charge in [-0.05, 0) is 60.0 Å². The highest BCUT2D eigenvalue weighted by Crippen LogP contribution is 2.19. The van der Waals surface area contributed by atoms with E-state index in [4.69, 9.17) is 11.6 Å². The Morgan fingerprint density at radius 1 is 1.07 bits per heavy atom. The van der Waals surface area contributed by atoms with Crippen LogP contribution in [0.4, 0.5) is 5.69 Å². The molecule has 0 fully saturated rings. The highest BCUT2D eigenvalue weighted by molar-refractivity contribution is 7.92. The Hall–Kier alpha value is -2.35. The number of halogens is 1. The summed E-state index contributed by atoms with van der Waals surface area (Å²) in [5.41, 5.74) is 0.842. The lowest BCUT2D eigenvalue weighted by molar-refractivity contribution is 0.0786. The van der Waals surface area contributed by atoms with Crippen LogP contribution in [0.1, 0.15) is 15.2 Å². The summed E-state index contributed by atoms with van der Waals surface area (Å²) in [6.45, 7) is 0.509. The zero-order chi connectivity index (χ0) is 19.4. The summed E-state index contributed by atoms with van der Waals surface area (Å²) < 4.78 is 27.4. The van der Waals surface area contributed by atoms with Crippen molar-refractivity contribution in [3.8, 4) is 0 Å². The molecule has 0 bridgehead atoms. The lowest BCUT2D eigenvalue weighted by Crippen LogP contribution is -2.25. The SMILES string of the molecule is CN(Cc1cccs1)C(=O)c1ccc(S(=O)(=O)Nc2ccc(Cl)cc2)cc1. The molecule has 0 unspecified atom stereocenters. The molecule has 3 rings (SSSR count). The van der Waals surface area contributed by atoms with E-state index in [1.807, 2.05) is 17.5 Å². The van der Waals surface area contributed by atoms with Crippen LogP contribution in [-0.4, -0.2) is 26.3 Å². The maximum atomic E-state index is 12.5. The van der Waals surface area contributed by atoms with Gasteiger partial charge in [0.2, 0.25) is 0 Å². The van der Waals surface area contributed by atoms with Gasteiger partial charge in [-0.15, -0.1) is 11.3 Å². The molecule has 27 heavy (non-hydrogen) atoms. The highest BCUT2D eigenvalue weighted by Gasteiger charge is 2.17. The minimum absolute atomic E-state index is 0.0786. The minimum Gasteiger partial charge on any atom is -0.337 e. The van der Waals surface area contributed by atoms with E-state index in [1.54, 1.807) is 47.5 Å². The fraction of sp³-hybridized carbons (Fsp3) is 0.105. The Morgan fingerprint density at radius 3 is 2.33 bits per heavy atom. The summed E-state index contributed by atoms with van der Waals surface area (Å²) in [7, 11) is -2.03. The van der Waals surface area contributed by atoms with Crippen molar-refractivity contribution in [1.29, 1.82) is 0 Å². The van der Waals surface area contributed by atoms with Crippen LogP contribution in [0.25, 0.3) is 0 Å².